The lowest BCUT2D eigenvalue weighted by atomic mass is 10.1. The molecule has 0 atom stereocenters. The van der Waals surface area contributed by atoms with Crippen LogP contribution in [0.1, 0.15) is 21.6 Å². The maximum absolute atomic E-state index is 11.4. The SMILES string of the molecule is O.O=C(O)c1cc(/C=C/c2ccccc2)nc2ccccc12. The summed E-state index contributed by atoms with van der Waals surface area (Å²) in [7, 11) is 0. The molecule has 0 saturated heterocycles. The van der Waals surface area contributed by atoms with Crippen molar-refractivity contribution in [2.24, 2.45) is 0 Å². The number of para-hydroxylation sites is 1. The van der Waals surface area contributed by atoms with E-state index in [1.165, 1.54) is 0 Å². The van der Waals surface area contributed by atoms with E-state index in [2.05, 4.69) is 4.98 Å². The summed E-state index contributed by atoms with van der Waals surface area (Å²) in [5, 5.41) is 10.00. The van der Waals surface area contributed by atoms with Crippen LogP contribution in [0.25, 0.3) is 23.1 Å². The fourth-order valence-electron chi connectivity index (χ4n) is 2.20. The highest BCUT2D eigenvalue weighted by Crippen LogP contribution is 2.19. The zero-order valence-corrected chi connectivity index (χ0v) is 11.7. The lowest BCUT2D eigenvalue weighted by Gasteiger charge is -2.04. The van der Waals surface area contributed by atoms with Crippen molar-refractivity contribution in [3.63, 3.8) is 0 Å². The Bertz CT molecular complexity index is 826. The fourth-order valence-corrected chi connectivity index (χ4v) is 2.20. The van der Waals surface area contributed by atoms with Gasteiger partial charge in [-0.3, -0.25) is 0 Å². The van der Waals surface area contributed by atoms with Crippen molar-refractivity contribution >= 4 is 29.0 Å². The summed E-state index contributed by atoms with van der Waals surface area (Å²) in [6.07, 6.45) is 3.75. The van der Waals surface area contributed by atoms with Gasteiger partial charge in [-0.15, -0.1) is 0 Å². The zero-order chi connectivity index (χ0) is 14.7. The van der Waals surface area contributed by atoms with Crippen LogP contribution in [-0.4, -0.2) is 21.5 Å². The van der Waals surface area contributed by atoms with Crippen molar-refractivity contribution in [3.8, 4) is 0 Å². The number of nitrogens with zero attached hydrogens (tertiary/aromatic N) is 1. The Morgan fingerprint density at radius 3 is 2.36 bits per heavy atom. The minimum atomic E-state index is -0.942. The summed E-state index contributed by atoms with van der Waals surface area (Å²) in [6, 6.07) is 18.7. The van der Waals surface area contributed by atoms with Crippen LogP contribution in [0.4, 0.5) is 0 Å². The quantitative estimate of drug-likeness (QED) is 0.804. The van der Waals surface area contributed by atoms with Crippen molar-refractivity contribution in [1.82, 2.24) is 4.98 Å². The maximum Gasteiger partial charge on any atom is 0.336 e. The molecule has 4 nitrogen and oxygen atoms in total. The van der Waals surface area contributed by atoms with Gasteiger partial charge in [0.05, 0.1) is 16.8 Å². The summed E-state index contributed by atoms with van der Waals surface area (Å²) < 4.78 is 0. The van der Waals surface area contributed by atoms with Crippen LogP contribution >= 0.6 is 0 Å². The molecule has 3 aromatic rings. The second-order valence-electron chi connectivity index (χ2n) is 4.66. The highest BCUT2D eigenvalue weighted by molar-refractivity contribution is 6.03. The number of carboxylic acids is 1. The predicted molar refractivity (Wildman–Crippen MR) is 87.7 cm³/mol. The molecule has 0 radical (unpaired) electrons. The van der Waals surface area contributed by atoms with Crippen LogP contribution in [0.3, 0.4) is 0 Å². The number of fused-ring (bicyclic) bond motifs is 1. The van der Waals surface area contributed by atoms with Crippen LogP contribution in [-0.2, 0) is 0 Å². The molecule has 0 aliphatic heterocycles. The zero-order valence-electron chi connectivity index (χ0n) is 11.7. The topological polar surface area (TPSA) is 81.7 Å². The Labute approximate surface area is 127 Å². The first-order valence-electron chi connectivity index (χ1n) is 6.60. The van der Waals surface area contributed by atoms with Gasteiger partial charge in [-0.25, -0.2) is 9.78 Å². The average Bonchev–Trinajstić information content (AvgIpc) is 2.53. The number of aromatic carboxylic acids is 1. The molecule has 2 aromatic carbocycles. The molecular formula is C18H15NO3. The summed E-state index contributed by atoms with van der Waals surface area (Å²) in [6.45, 7) is 0. The second-order valence-corrected chi connectivity index (χ2v) is 4.66. The first kappa shape index (κ1) is 15.4. The van der Waals surface area contributed by atoms with Gasteiger partial charge in [0.25, 0.3) is 0 Å². The van der Waals surface area contributed by atoms with Gasteiger partial charge in [0.1, 0.15) is 0 Å². The van der Waals surface area contributed by atoms with Gasteiger partial charge in [0.2, 0.25) is 0 Å². The summed E-state index contributed by atoms with van der Waals surface area (Å²) in [5.41, 5.74) is 2.64. The van der Waals surface area contributed by atoms with Gasteiger partial charge in [-0.2, -0.15) is 0 Å². The number of benzene rings is 2. The molecule has 0 amide bonds. The molecule has 0 fully saturated rings. The van der Waals surface area contributed by atoms with Crippen LogP contribution in [0, 0.1) is 0 Å². The van der Waals surface area contributed by atoms with E-state index in [0.29, 0.717) is 16.6 Å². The Kier molecular flexibility index (Phi) is 4.66. The smallest absolute Gasteiger partial charge is 0.336 e. The largest absolute Gasteiger partial charge is 0.478 e. The predicted octanol–water partition coefficient (Wildman–Crippen LogP) is 3.28. The van der Waals surface area contributed by atoms with E-state index < -0.39 is 5.97 Å². The first-order valence-corrected chi connectivity index (χ1v) is 6.60. The van der Waals surface area contributed by atoms with Gasteiger partial charge in [0.15, 0.2) is 0 Å². The van der Waals surface area contributed by atoms with Crippen molar-refractivity contribution in [3.05, 3.63) is 77.5 Å². The molecule has 0 aliphatic carbocycles. The molecule has 0 saturated carbocycles. The van der Waals surface area contributed by atoms with Crippen LogP contribution < -0.4 is 0 Å². The highest BCUT2D eigenvalue weighted by Gasteiger charge is 2.10. The third-order valence-corrected chi connectivity index (χ3v) is 3.21. The molecule has 0 unspecified atom stereocenters. The number of pyridine rings is 1. The number of hydrogen-bond acceptors (Lipinski definition) is 2. The van der Waals surface area contributed by atoms with Crippen molar-refractivity contribution in [2.45, 2.75) is 0 Å². The van der Waals surface area contributed by atoms with Crippen molar-refractivity contribution in [1.29, 1.82) is 0 Å². The number of rotatable bonds is 3. The minimum Gasteiger partial charge on any atom is -0.478 e. The highest BCUT2D eigenvalue weighted by atomic mass is 16.4. The molecule has 0 spiro atoms. The molecule has 3 N–H and O–H groups in total. The fraction of sp³-hybridized carbons (Fsp3) is 0. The molecule has 4 heteroatoms. The molecule has 0 bridgehead atoms. The first-order chi connectivity index (χ1) is 10.2. The molecule has 1 heterocycles. The normalized spacial score (nSPS) is 10.5. The van der Waals surface area contributed by atoms with E-state index in [4.69, 9.17) is 0 Å². The van der Waals surface area contributed by atoms with E-state index >= 15 is 0 Å². The van der Waals surface area contributed by atoms with Crippen LogP contribution in [0.15, 0.2) is 60.7 Å². The molecule has 110 valence electrons. The number of hydrogen-bond donors (Lipinski definition) is 1. The summed E-state index contributed by atoms with van der Waals surface area (Å²) in [4.78, 5) is 15.9. The van der Waals surface area contributed by atoms with E-state index in [1.807, 2.05) is 60.7 Å². The Morgan fingerprint density at radius 2 is 1.64 bits per heavy atom. The lowest BCUT2D eigenvalue weighted by molar-refractivity contribution is 0.0699. The van der Waals surface area contributed by atoms with Crippen LogP contribution in [0.2, 0.25) is 0 Å². The van der Waals surface area contributed by atoms with E-state index in [1.54, 1.807) is 12.1 Å². The standard InChI is InChI=1S/C18H13NO2.H2O/c20-18(21)16-12-14(11-10-13-6-2-1-3-7-13)19-17-9-5-4-8-15(16)17;/h1-12H,(H,20,21);1H2/b11-10+;. The summed E-state index contributed by atoms with van der Waals surface area (Å²) in [5.74, 6) is -0.942. The third-order valence-electron chi connectivity index (χ3n) is 3.21. The number of carboxylic acid groups (broad SMARTS) is 1. The number of carbonyl (C=O) groups is 1. The van der Waals surface area contributed by atoms with E-state index in [9.17, 15) is 9.90 Å². The average molecular weight is 293 g/mol. The number of aromatic nitrogens is 1. The minimum absolute atomic E-state index is 0. The van der Waals surface area contributed by atoms with Gasteiger partial charge in [-0.1, -0.05) is 54.6 Å². The van der Waals surface area contributed by atoms with Gasteiger partial charge in [-0.05, 0) is 23.8 Å². The summed E-state index contributed by atoms with van der Waals surface area (Å²) >= 11 is 0. The molecule has 1 aromatic heterocycles. The van der Waals surface area contributed by atoms with Gasteiger partial charge in [0, 0.05) is 5.39 Å². The Balaban J connectivity index is 0.00000176. The van der Waals surface area contributed by atoms with Gasteiger partial charge < -0.3 is 10.6 Å². The monoisotopic (exact) mass is 293 g/mol. The molecular weight excluding hydrogens is 278 g/mol. The Morgan fingerprint density at radius 1 is 0.955 bits per heavy atom. The van der Waals surface area contributed by atoms with Crippen molar-refractivity contribution in [2.75, 3.05) is 0 Å². The Hall–Kier alpha value is -2.98. The maximum atomic E-state index is 11.4. The second kappa shape index (κ2) is 6.65. The van der Waals surface area contributed by atoms with Crippen molar-refractivity contribution < 1.29 is 15.4 Å². The molecule has 3 rings (SSSR count). The van der Waals surface area contributed by atoms with E-state index in [-0.39, 0.29) is 11.0 Å². The van der Waals surface area contributed by atoms with Gasteiger partial charge >= 0.3 is 5.97 Å². The third kappa shape index (κ3) is 3.19. The molecule has 22 heavy (non-hydrogen) atoms. The van der Waals surface area contributed by atoms with Crippen LogP contribution in [0.5, 0.6) is 0 Å². The lowest BCUT2D eigenvalue weighted by Crippen LogP contribution is -2.00. The van der Waals surface area contributed by atoms with E-state index in [0.717, 1.165) is 5.56 Å². The molecule has 0 aliphatic rings.